The van der Waals surface area contributed by atoms with Crippen molar-refractivity contribution >= 4 is 11.5 Å². The minimum atomic E-state index is -1.12. The van der Waals surface area contributed by atoms with Crippen LogP contribution in [0.15, 0.2) is 17.9 Å². The highest BCUT2D eigenvalue weighted by Crippen LogP contribution is 2.44. The van der Waals surface area contributed by atoms with E-state index >= 15 is 0 Å². The van der Waals surface area contributed by atoms with E-state index in [1.165, 1.54) is 20.3 Å². The molecule has 1 aliphatic rings. The number of carbonyl (C=O) groups excluding carboxylic acids is 1. The quantitative estimate of drug-likeness (QED) is 0.744. The highest BCUT2D eigenvalue weighted by Gasteiger charge is 2.42. The lowest BCUT2D eigenvalue weighted by Gasteiger charge is -2.23. The zero-order chi connectivity index (χ0) is 17.9. The van der Waals surface area contributed by atoms with Gasteiger partial charge in [-0.25, -0.2) is 9.18 Å². The molecule has 24 heavy (non-hydrogen) atoms. The first-order chi connectivity index (χ1) is 11.4. The fourth-order valence-corrected chi connectivity index (χ4v) is 2.73. The van der Waals surface area contributed by atoms with Crippen molar-refractivity contribution < 1.29 is 32.5 Å². The number of esters is 1. The molecular formula is C17H20F2O5. The maximum absolute atomic E-state index is 14.0. The molecule has 1 aromatic rings. The molecule has 7 heteroatoms. The lowest BCUT2D eigenvalue weighted by molar-refractivity contribution is -0.145. The summed E-state index contributed by atoms with van der Waals surface area (Å²) in [6.45, 7) is 3.80. The van der Waals surface area contributed by atoms with E-state index in [0.29, 0.717) is 5.57 Å². The molecule has 0 unspecified atom stereocenters. The molecule has 0 bridgehead atoms. The normalized spacial score (nSPS) is 20.1. The number of benzene rings is 1. The monoisotopic (exact) mass is 342 g/mol. The van der Waals surface area contributed by atoms with Gasteiger partial charge < -0.3 is 18.9 Å². The fourth-order valence-electron chi connectivity index (χ4n) is 2.73. The summed E-state index contributed by atoms with van der Waals surface area (Å²) in [5, 5.41) is 0. The lowest BCUT2D eigenvalue weighted by Crippen LogP contribution is -2.30. The number of hydrogen-bond donors (Lipinski definition) is 0. The van der Waals surface area contributed by atoms with E-state index < -0.39 is 23.2 Å². The third kappa shape index (κ3) is 3.36. The van der Waals surface area contributed by atoms with E-state index in [1.807, 2.05) is 0 Å². The van der Waals surface area contributed by atoms with Crippen LogP contribution in [-0.4, -0.2) is 39.0 Å². The molecule has 0 N–H and O–H groups in total. The Morgan fingerprint density at radius 3 is 2.62 bits per heavy atom. The SMILES string of the molecule is CCOC(=O)C1=C(c2ccc(F)c(F)c2OC)C[C@](C)(COC)O1. The standard InChI is InChI=1S/C17H20F2O5/c1-5-23-16(20)15-11(8-17(2,24-15)9-21-3)10-6-7-12(18)13(19)14(10)22-4/h6-7H,5,8-9H2,1-4H3/t17-/m1/s1. The molecule has 0 saturated carbocycles. The predicted octanol–water partition coefficient (Wildman–Crippen LogP) is 3.07. The fraction of sp³-hybridized carbons (Fsp3) is 0.471. The van der Waals surface area contributed by atoms with Crippen molar-refractivity contribution in [3.8, 4) is 5.75 Å². The van der Waals surface area contributed by atoms with Crippen molar-refractivity contribution in [1.29, 1.82) is 0 Å². The first-order valence-electron chi connectivity index (χ1n) is 7.47. The van der Waals surface area contributed by atoms with Crippen LogP contribution in [0, 0.1) is 11.6 Å². The first-order valence-corrected chi connectivity index (χ1v) is 7.47. The molecule has 1 heterocycles. The van der Waals surface area contributed by atoms with Crippen LogP contribution in [0.1, 0.15) is 25.8 Å². The lowest BCUT2D eigenvalue weighted by atomic mass is 9.93. The van der Waals surface area contributed by atoms with E-state index in [4.69, 9.17) is 18.9 Å². The number of hydrogen-bond acceptors (Lipinski definition) is 5. The first kappa shape index (κ1) is 18.2. The topological polar surface area (TPSA) is 54.0 Å². The molecule has 1 aromatic carbocycles. The van der Waals surface area contributed by atoms with Crippen molar-refractivity contribution in [3.05, 3.63) is 35.1 Å². The van der Waals surface area contributed by atoms with Gasteiger partial charge in [-0.15, -0.1) is 0 Å². The molecule has 0 spiro atoms. The van der Waals surface area contributed by atoms with E-state index in [9.17, 15) is 13.6 Å². The summed E-state index contributed by atoms with van der Waals surface area (Å²) in [6, 6.07) is 2.34. The van der Waals surface area contributed by atoms with Gasteiger partial charge in [-0.1, -0.05) is 0 Å². The molecule has 0 amide bonds. The van der Waals surface area contributed by atoms with Gasteiger partial charge in [-0.05, 0) is 26.0 Å². The van der Waals surface area contributed by atoms with E-state index in [-0.39, 0.29) is 36.7 Å². The molecule has 5 nitrogen and oxygen atoms in total. The van der Waals surface area contributed by atoms with Gasteiger partial charge in [0.2, 0.25) is 11.6 Å². The van der Waals surface area contributed by atoms with Gasteiger partial charge in [0, 0.05) is 24.7 Å². The van der Waals surface area contributed by atoms with Crippen LogP contribution in [0.2, 0.25) is 0 Å². The van der Waals surface area contributed by atoms with Crippen molar-refractivity contribution in [2.24, 2.45) is 0 Å². The Labute approximate surface area is 139 Å². The Morgan fingerprint density at radius 2 is 2.04 bits per heavy atom. The summed E-state index contributed by atoms with van der Waals surface area (Å²) in [5.41, 5.74) is -0.176. The third-order valence-corrected chi connectivity index (χ3v) is 3.66. The number of carbonyl (C=O) groups is 1. The van der Waals surface area contributed by atoms with Gasteiger partial charge in [0.05, 0.1) is 20.3 Å². The highest BCUT2D eigenvalue weighted by atomic mass is 19.2. The predicted molar refractivity (Wildman–Crippen MR) is 82.4 cm³/mol. The number of methoxy groups -OCH3 is 2. The van der Waals surface area contributed by atoms with E-state index in [2.05, 4.69) is 0 Å². The molecule has 0 aromatic heterocycles. The van der Waals surface area contributed by atoms with Crippen molar-refractivity contribution in [3.63, 3.8) is 0 Å². The van der Waals surface area contributed by atoms with Crippen molar-refractivity contribution in [2.45, 2.75) is 25.9 Å². The minimum Gasteiger partial charge on any atom is -0.493 e. The smallest absolute Gasteiger partial charge is 0.373 e. The average molecular weight is 342 g/mol. The molecule has 0 fully saturated rings. The molecule has 0 radical (unpaired) electrons. The Bertz CT molecular complexity index is 671. The van der Waals surface area contributed by atoms with Gasteiger partial charge in [0.25, 0.3) is 0 Å². The summed E-state index contributed by atoms with van der Waals surface area (Å²) in [5.74, 6) is -3.14. The van der Waals surface area contributed by atoms with Gasteiger partial charge in [-0.3, -0.25) is 0 Å². The van der Waals surface area contributed by atoms with Crippen LogP contribution in [0.25, 0.3) is 5.57 Å². The van der Waals surface area contributed by atoms with Crippen LogP contribution in [0.4, 0.5) is 8.78 Å². The highest BCUT2D eigenvalue weighted by molar-refractivity contribution is 5.97. The Hall–Kier alpha value is -2.15. The van der Waals surface area contributed by atoms with E-state index in [0.717, 1.165) is 6.07 Å². The Kier molecular flexibility index (Phi) is 5.43. The Morgan fingerprint density at radius 1 is 1.33 bits per heavy atom. The molecule has 1 atom stereocenters. The largest absolute Gasteiger partial charge is 0.493 e. The molecule has 2 rings (SSSR count). The minimum absolute atomic E-state index is 0.0410. The number of rotatable bonds is 6. The number of halogens is 2. The molecule has 1 aliphatic heterocycles. The zero-order valence-electron chi connectivity index (χ0n) is 14.1. The maximum Gasteiger partial charge on any atom is 0.373 e. The second kappa shape index (κ2) is 7.17. The molecule has 0 saturated heterocycles. The van der Waals surface area contributed by atoms with E-state index in [1.54, 1.807) is 13.8 Å². The summed E-state index contributed by atoms with van der Waals surface area (Å²) >= 11 is 0. The average Bonchev–Trinajstić information content (AvgIpc) is 2.88. The second-order valence-corrected chi connectivity index (χ2v) is 5.63. The van der Waals surface area contributed by atoms with Gasteiger partial charge in [-0.2, -0.15) is 4.39 Å². The van der Waals surface area contributed by atoms with Gasteiger partial charge >= 0.3 is 5.97 Å². The second-order valence-electron chi connectivity index (χ2n) is 5.63. The van der Waals surface area contributed by atoms with Gasteiger partial charge in [0.1, 0.15) is 5.60 Å². The van der Waals surface area contributed by atoms with Crippen LogP contribution in [0.3, 0.4) is 0 Å². The van der Waals surface area contributed by atoms with Crippen molar-refractivity contribution in [1.82, 2.24) is 0 Å². The van der Waals surface area contributed by atoms with Crippen LogP contribution in [-0.2, 0) is 19.0 Å². The van der Waals surface area contributed by atoms with Crippen LogP contribution < -0.4 is 4.74 Å². The molecule has 0 aliphatic carbocycles. The van der Waals surface area contributed by atoms with Crippen LogP contribution in [0.5, 0.6) is 5.75 Å². The molecular weight excluding hydrogens is 322 g/mol. The Balaban J connectivity index is 2.56. The summed E-state index contributed by atoms with van der Waals surface area (Å²) in [7, 11) is 2.74. The van der Waals surface area contributed by atoms with Gasteiger partial charge in [0.15, 0.2) is 11.6 Å². The van der Waals surface area contributed by atoms with Crippen molar-refractivity contribution in [2.75, 3.05) is 27.4 Å². The zero-order valence-corrected chi connectivity index (χ0v) is 14.1. The molecule has 132 valence electrons. The third-order valence-electron chi connectivity index (χ3n) is 3.66. The maximum atomic E-state index is 14.0. The summed E-state index contributed by atoms with van der Waals surface area (Å²) < 4.78 is 48.4. The van der Waals surface area contributed by atoms with Crippen LogP contribution >= 0.6 is 0 Å². The number of ether oxygens (including phenoxy) is 4. The summed E-state index contributed by atoms with van der Waals surface area (Å²) in [6.07, 6.45) is 0.260. The summed E-state index contributed by atoms with van der Waals surface area (Å²) in [4.78, 5) is 12.2.